The third-order valence-electron chi connectivity index (χ3n) is 1.62. The van der Waals surface area contributed by atoms with Gasteiger partial charge in [0.2, 0.25) is 0 Å². The number of aromatic hydroxyl groups is 1. The molecule has 0 aliphatic rings. The van der Waals surface area contributed by atoms with Crippen LogP contribution in [-0.4, -0.2) is 10.9 Å². The minimum Gasteiger partial charge on any atom is -0.506 e. The van der Waals surface area contributed by atoms with Crippen LogP contribution in [-0.2, 0) is 0 Å². The van der Waals surface area contributed by atoms with Crippen molar-refractivity contribution >= 4 is 5.78 Å². The molecule has 0 fully saturated rings. The Morgan fingerprint density at radius 3 is 2.69 bits per heavy atom. The lowest BCUT2D eigenvalue weighted by molar-refractivity contribution is 0.101. The number of nitrogens with zero attached hydrogens (tertiary/aromatic N) is 1. The molecular formula is C9H6FNO2. The van der Waals surface area contributed by atoms with Gasteiger partial charge in [0.25, 0.3) is 0 Å². The van der Waals surface area contributed by atoms with E-state index in [4.69, 9.17) is 5.26 Å². The van der Waals surface area contributed by atoms with Crippen LogP contribution in [0.25, 0.3) is 0 Å². The number of hydrogen-bond acceptors (Lipinski definition) is 3. The summed E-state index contributed by atoms with van der Waals surface area (Å²) in [6, 6.07) is 3.61. The van der Waals surface area contributed by atoms with Crippen LogP contribution in [0.5, 0.6) is 5.75 Å². The maximum absolute atomic E-state index is 12.8. The fourth-order valence-corrected chi connectivity index (χ4v) is 0.957. The Morgan fingerprint density at radius 2 is 2.23 bits per heavy atom. The van der Waals surface area contributed by atoms with E-state index in [1.165, 1.54) is 13.0 Å². The first-order valence-corrected chi connectivity index (χ1v) is 3.50. The second-order valence-corrected chi connectivity index (χ2v) is 2.49. The van der Waals surface area contributed by atoms with Gasteiger partial charge < -0.3 is 5.11 Å². The molecule has 0 bridgehead atoms. The summed E-state index contributed by atoms with van der Waals surface area (Å²) in [5.41, 5.74) is -0.536. The van der Waals surface area contributed by atoms with Crippen LogP contribution in [0.4, 0.5) is 4.39 Å². The van der Waals surface area contributed by atoms with Crippen molar-refractivity contribution in [2.75, 3.05) is 0 Å². The summed E-state index contributed by atoms with van der Waals surface area (Å²) in [7, 11) is 0. The van der Waals surface area contributed by atoms with E-state index in [2.05, 4.69) is 0 Å². The van der Waals surface area contributed by atoms with Gasteiger partial charge >= 0.3 is 0 Å². The largest absolute Gasteiger partial charge is 0.506 e. The van der Waals surface area contributed by atoms with E-state index in [9.17, 15) is 14.3 Å². The monoisotopic (exact) mass is 179 g/mol. The van der Waals surface area contributed by atoms with Gasteiger partial charge in [-0.25, -0.2) is 4.39 Å². The molecule has 1 aromatic carbocycles. The first-order valence-electron chi connectivity index (χ1n) is 3.50. The van der Waals surface area contributed by atoms with E-state index >= 15 is 0 Å². The number of Topliss-reactive ketones (excluding diaryl/α,β-unsaturated/α-hetero) is 1. The highest BCUT2D eigenvalue weighted by Crippen LogP contribution is 2.24. The molecule has 1 rings (SSSR count). The summed E-state index contributed by atoms with van der Waals surface area (Å²) < 4.78 is 12.8. The smallest absolute Gasteiger partial charge is 0.163 e. The van der Waals surface area contributed by atoms with Crippen molar-refractivity contribution in [3.05, 3.63) is 29.1 Å². The van der Waals surface area contributed by atoms with Crippen molar-refractivity contribution in [3.63, 3.8) is 0 Å². The molecule has 0 aliphatic carbocycles. The minimum absolute atomic E-state index is 0.0436. The van der Waals surface area contributed by atoms with E-state index < -0.39 is 22.9 Å². The van der Waals surface area contributed by atoms with Crippen molar-refractivity contribution in [2.45, 2.75) is 6.92 Å². The average molecular weight is 179 g/mol. The van der Waals surface area contributed by atoms with E-state index in [1.807, 2.05) is 0 Å². The summed E-state index contributed by atoms with van der Waals surface area (Å²) in [4.78, 5) is 10.9. The number of nitriles is 1. The molecular weight excluding hydrogens is 173 g/mol. The van der Waals surface area contributed by atoms with Crippen LogP contribution in [0.1, 0.15) is 22.8 Å². The van der Waals surface area contributed by atoms with E-state index in [0.29, 0.717) is 0 Å². The molecule has 0 radical (unpaired) electrons. The normalized spacial score (nSPS) is 9.31. The zero-order valence-corrected chi connectivity index (χ0v) is 6.84. The number of carbonyl (C=O) groups excluding carboxylic acids is 1. The molecule has 13 heavy (non-hydrogen) atoms. The molecule has 1 aromatic rings. The van der Waals surface area contributed by atoms with Crippen LogP contribution < -0.4 is 0 Å². The van der Waals surface area contributed by atoms with E-state index in [0.717, 1.165) is 12.1 Å². The first-order chi connectivity index (χ1) is 6.07. The van der Waals surface area contributed by atoms with Crippen LogP contribution >= 0.6 is 0 Å². The molecule has 66 valence electrons. The summed E-state index contributed by atoms with van der Waals surface area (Å²) in [5.74, 6) is -1.82. The number of ketones is 1. The molecule has 0 aromatic heterocycles. The lowest BCUT2D eigenvalue weighted by Gasteiger charge is -2.02. The first kappa shape index (κ1) is 9.20. The minimum atomic E-state index is -0.829. The molecule has 0 unspecified atom stereocenters. The van der Waals surface area contributed by atoms with Gasteiger partial charge in [0.05, 0.1) is 5.56 Å². The summed E-state index contributed by atoms with van der Waals surface area (Å²) in [6.45, 7) is 1.23. The number of benzene rings is 1. The van der Waals surface area contributed by atoms with Gasteiger partial charge in [-0.1, -0.05) is 0 Å². The second kappa shape index (κ2) is 3.23. The average Bonchev–Trinajstić information content (AvgIpc) is 2.04. The summed E-state index contributed by atoms with van der Waals surface area (Å²) in [5, 5.41) is 17.7. The maximum atomic E-state index is 12.8. The fourth-order valence-electron chi connectivity index (χ4n) is 0.957. The predicted molar refractivity (Wildman–Crippen MR) is 42.8 cm³/mol. The third-order valence-corrected chi connectivity index (χ3v) is 1.62. The number of phenolic OH excluding ortho intramolecular Hbond substituents is 1. The molecule has 0 atom stereocenters. The molecule has 0 saturated heterocycles. The van der Waals surface area contributed by atoms with E-state index in [1.54, 1.807) is 0 Å². The standard InChI is InChI=1S/C9H6FNO2/c1-5(12)6-2-3-8(10)7(4-11)9(6)13/h2-3,13H,1H3. The lowest BCUT2D eigenvalue weighted by atomic mass is 10.1. The molecule has 1 N–H and O–H groups in total. The zero-order valence-electron chi connectivity index (χ0n) is 6.84. The summed E-state index contributed by atoms with van der Waals surface area (Å²) in [6.07, 6.45) is 0. The third kappa shape index (κ3) is 1.49. The Hall–Kier alpha value is -1.89. The predicted octanol–water partition coefficient (Wildman–Crippen LogP) is 1.61. The topological polar surface area (TPSA) is 61.1 Å². The Labute approximate surface area is 74.0 Å². The molecule has 0 amide bonds. The lowest BCUT2D eigenvalue weighted by Crippen LogP contribution is -1.96. The highest BCUT2D eigenvalue weighted by molar-refractivity contribution is 5.97. The number of carbonyl (C=O) groups is 1. The van der Waals surface area contributed by atoms with Crippen LogP contribution in [0.3, 0.4) is 0 Å². The fraction of sp³-hybridized carbons (Fsp3) is 0.111. The highest BCUT2D eigenvalue weighted by Gasteiger charge is 2.14. The molecule has 0 heterocycles. The van der Waals surface area contributed by atoms with Gasteiger partial charge in [0, 0.05) is 0 Å². The number of hydrogen-bond donors (Lipinski definition) is 1. The molecule has 0 saturated carbocycles. The Morgan fingerprint density at radius 1 is 1.62 bits per heavy atom. The van der Waals surface area contributed by atoms with Gasteiger partial charge in [0.15, 0.2) is 5.78 Å². The Kier molecular flexibility index (Phi) is 2.29. The molecule has 0 spiro atoms. The van der Waals surface area contributed by atoms with Gasteiger partial charge in [-0.05, 0) is 19.1 Å². The second-order valence-electron chi connectivity index (χ2n) is 2.49. The van der Waals surface area contributed by atoms with Crippen LogP contribution in [0.2, 0.25) is 0 Å². The van der Waals surface area contributed by atoms with Crippen LogP contribution in [0, 0.1) is 17.1 Å². The van der Waals surface area contributed by atoms with Gasteiger partial charge in [-0.15, -0.1) is 0 Å². The molecule has 0 aliphatic heterocycles. The van der Waals surface area contributed by atoms with E-state index in [-0.39, 0.29) is 5.56 Å². The summed E-state index contributed by atoms with van der Waals surface area (Å²) >= 11 is 0. The van der Waals surface area contributed by atoms with Crippen molar-refractivity contribution in [3.8, 4) is 11.8 Å². The van der Waals surface area contributed by atoms with Crippen molar-refractivity contribution < 1.29 is 14.3 Å². The van der Waals surface area contributed by atoms with Crippen molar-refractivity contribution in [1.82, 2.24) is 0 Å². The quantitative estimate of drug-likeness (QED) is 0.666. The SMILES string of the molecule is CC(=O)c1ccc(F)c(C#N)c1O. The highest BCUT2D eigenvalue weighted by atomic mass is 19.1. The molecule has 4 heteroatoms. The van der Waals surface area contributed by atoms with Gasteiger partial charge in [-0.2, -0.15) is 5.26 Å². The number of halogens is 1. The molecule has 3 nitrogen and oxygen atoms in total. The van der Waals surface area contributed by atoms with Crippen molar-refractivity contribution in [2.24, 2.45) is 0 Å². The maximum Gasteiger partial charge on any atom is 0.163 e. The van der Waals surface area contributed by atoms with Crippen molar-refractivity contribution in [1.29, 1.82) is 5.26 Å². The Bertz CT molecular complexity index is 407. The van der Waals surface area contributed by atoms with Gasteiger partial charge in [0.1, 0.15) is 23.2 Å². The Balaban J connectivity index is 3.47. The van der Waals surface area contributed by atoms with Crippen LogP contribution in [0.15, 0.2) is 12.1 Å². The number of phenols is 1. The number of rotatable bonds is 1. The zero-order chi connectivity index (χ0) is 10.0. The van der Waals surface area contributed by atoms with Gasteiger partial charge in [-0.3, -0.25) is 4.79 Å².